The van der Waals surface area contributed by atoms with Crippen molar-refractivity contribution >= 4 is 5.97 Å². The number of carbonyl (C=O) groups is 1. The first-order chi connectivity index (χ1) is 8.29. The van der Waals surface area contributed by atoms with Gasteiger partial charge < -0.3 is 9.47 Å². The van der Waals surface area contributed by atoms with Gasteiger partial charge in [0.1, 0.15) is 11.9 Å². The summed E-state index contributed by atoms with van der Waals surface area (Å²) in [6, 6.07) is 7.03. The quantitative estimate of drug-likeness (QED) is 0.593. The van der Waals surface area contributed by atoms with Crippen LogP contribution in [0.4, 0.5) is 0 Å². The lowest BCUT2D eigenvalue weighted by Crippen LogP contribution is -2.15. The lowest BCUT2D eigenvalue weighted by atomic mass is 10.1. The molecule has 1 aliphatic rings. The van der Waals surface area contributed by atoms with E-state index >= 15 is 0 Å². The summed E-state index contributed by atoms with van der Waals surface area (Å²) in [5, 5.41) is 0. The van der Waals surface area contributed by atoms with E-state index in [0.717, 1.165) is 18.6 Å². The summed E-state index contributed by atoms with van der Waals surface area (Å²) in [4.78, 5) is 11.2. The maximum absolute atomic E-state index is 11.2. The van der Waals surface area contributed by atoms with E-state index in [9.17, 15) is 4.79 Å². The molecule has 0 radical (unpaired) electrons. The van der Waals surface area contributed by atoms with Gasteiger partial charge in [-0.2, -0.15) is 0 Å². The van der Waals surface area contributed by atoms with Crippen LogP contribution in [-0.2, 0) is 4.74 Å². The van der Waals surface area contributed by atoms with Crippen LogP contribution in [0.3, 0.4) is 0 Å². The van der Waals surface area contributed by atoms with Crippen LogP contribution in [0.25, 0.3) is 0 Å². The van der Waals surface area contributed by atoms with Crippen molar-refractivity contribution in [3.63, 3.8) is 0 Å². The molecule has 1 aromatic rings. The Kier molecular flexibility index (Phi) is 3.81. The van der Waals surface area contributed by atoms with Crippen molar-refractivity contribution in [1.82, 2.24) is 0 Å². The Morgan fingerprint density at radius 1 is 1.29 bits per heavy atom. The Balaban J connectivity index is 2.00. The molecule has 0 spiro atoms. The van der Waals surface area contributed by atoms with E-state index in [4.69, 9.17) is 4.74 Å². The van der Waals surface area contributed by atoms with Crippen molar-refractivity contribution in [2.24, 2.45) is 0 Å². The molecule has 0 amide bonds. The van der Waals surface area contributed by atoms with E-state index in [1.807, 2.05) is 0 Å². The molecule has 2 rings (SSSR count). The van der Waals surface area contributed by atoms with Crippen molar-refractivity contribution in [3.8, 4) is 5.75 Å². The van der Waals surface area contributed by atoms with E-state index < -0.39 is 0 Å². The number of rotatable bonds is 3. The lowest BCUT2D eigenvalue weighted by Gasteiger charge is -2.18. The lowest BCUT2D eigenvalue weighted by molar-refractivity contribution is 0.0600. The predicted molar refractivity (Wildman–Crippen MR) is 65.2 cm³/mol. The minimum Gasteiger partial charge on any atom is -0.486 e. The summed E-state index contributed by atoms with van der Waals surface area (Å²) in [7, 11) is 1.37. The van der Waals surface area contributed by atoms with Crippen molar-refractivity contribution < 1.29 is 14.3 Å². The first kappa shape index (κ1) is 11.7. The summed E-state index contributed by atoms with van der Waals surface area (Å²) in [6.07, 6.45) is 7.76. The van der Waals surface area contributed by atoms with Gasteiger partial charge in [0.2, 0.25) is 0 Å². The molecule has 1 aliphatic carbocycles. The number of hydrogen-bond donors (Lipinski definition) is 0. The third-order valence-electron chi connectivity index (χ3n) is 2.77. The van der Waals surface area contributed by atoms with Crippen molar-refractivity contribution in [2.45, 2.75) is 25.4 Å². The summed E-state index contributed by atoms with van der Waals surface area (Å²) >= 11 is 0. The summed E-state index contributed by atoms with van der Waals surface area (Å²) < 4.78 is 10.4. The number of ether oxygens (including phenoxy) is 2. The average molecular weight is 232 g/mol. The smallest absolute Gasteiger partial charge is 0.337 e. The van der Waals surface area contributed by atoms with Crippen LogP contribution in [-0.4, -0.2) is 19.2 Å². The summed E-state index contributed by atoms with van der Waals surface area (Å²) in [5.41, 5.74) is 0.541. The Labute approximate surface area is 101 Å². The molecule has 1 atom stereocenters. The van der Waals surface area contributed by atoms with E-state index in [1.54, 1.807) is 24.3 Å². The first-order valence-electron chi connectivity index (χ1n) is 5.81. The third kappa shape index (κ3) is 3.09. The molecular weight excluding hydrogens is 216 g/mol. The van der Waals surface area contributed by atoms with E-state index in [-0.39, 0.29) is 12.1 Å². The number of carbonyl (C=O) groups excluding carboxylic acids is 1. The molecule has 0 heterocycles. The Hall–Kier alpha value is -1.77. The Morgan fingerprint density at radius 2 is 2.06 bits per heavy atom. The molecular formula is C14H16O3. The Morgan fingerprint density at radius 3 is 2.65 bits per heavy atom. The second-order valence-corrected chi connectivity index (χ2v) is 4.03. The Bertz CT molecular complexity index is 406. The molecule has 0 bridgehead atoms. The number of methoxy groups -OCH3 is 1. The molecule has 3 nitrogen and oxygen atoms in total. The van der Waals surface area contributed by atoms with Gasteiger partial charge in [-0.3, -0.25) is 0 Å². The van der Waals surface area contributed by atoms with Crippen molar-refractivity contribution in [2.75, 3.05) is 7.11 Å². The minimum atomic E-state index is -0.325. The zero-order chi connectivity index (χ0) is 12.1. The standard InChI is InChI=1S/C14H16O3/c1-16-14(15)11-7-9-13(10-8-11)17-12-5-3-2-4-6-12/h3,5,7-10,12H,2,4,6H2,1H3. The summed E-state index contributed by atoms with van der Waals surface area (Å²) in [5.74, 6) is 0.461. The van der Waals surface area contributed by atoms with E-state index in [1.165, 1.54) is 13.5 Å². The predicted octanol–water partition coefficient (Wildman–Crippen LogP) is 2.96. The molecule has 1 aromatic carbocycles. The monoisotopic (exact) mass is 232 g/mol. The third-order valence-corrected chi connectivity index (χ3v) is 2.77. The SMILES string of the molecule is COC(=O)c1ccc(OC2C=CCCC2)cc1. The normalized spacial score (nSPS) is 18.8. The van der Waals surface area contributed by atoms with E-state index in [0.29, 0.717) is 5.56 Å². The molecule has 3 heteroatoms. The summed E-state index contributed by atoms with van der Waals surface area (Å²) in [6.45, 7) is 0. The number of hydrogen-bond acceptors (Lipinski definition) is 3. The van der Waals surface area contributed by atoms with Crippen molar-refractivity contribution in [3.05, 3.63) is 42.0 Å². The van der Waals surface area contributed by atoms with Gasteiger partial charge in [-0.25, -0.2) is 4.79 Å². The highest BCUT2D eigenvalue weighted by Crippen LogP contribution is 2.19. The number of allylic oxidation sites excluding steroid dienone is 1. The van der Waals surface area contributed by atoms with Crippen LogP contribution in [0, 0.1) is 0 Å². The van der Waals surface area contributed by atoms with Crippen LogP contribution in [0.5, 0.6) is 5.75 Å². The van der Waals surface area contributed by atoms with Gasteiger partial charge in [-0.1, -0.05) is 6.08 Å². The maximum Gasteiger partial charge on any atom is 0.337 e. The van der Waals surface area contributed by atoms with Gasteiger partial charge in [0.05, 0.1) is 12.7 Å². The van der Waals surface area contributed by atoms with Gasteiger partial charge in [-0.05, 0) is 49.6 Å². The molecule has 0 aliphatic heterocycles. The zero-order valence-corrected chi connectivity index (χ0v) is 9.89. The van der Waals surface area contributed by atoms with Gasteiger partial charge in [0.15, 0.2) is 0 Å². The fourth-order valence-electron chi connectivity index (χ4n) is 1.84. The molecule has 0 fully saturated rings. The molecule has 0 N–H and O–H groups in total. The van der Waals surface area contributed by atoms with Gasteiger partial charge in [0, 0.05) is 0 Å². The van der Waals surface area contributed by atoms with Crippen LogP contribution in [0.2, 0.25) is 0 Å². The van der Waals surface area contributed by atoms with E-state index in [2.05, 4.69) is 16.9 Å². The maximum atomic E-state index is 11.2. The molecule has 0 saturated heterocycles. The first-order valence-corrected chi connectivity index (χ1v) is 5.81. The van der Waals surface area contributed by atoms with Crippen LogP contribution >= 0.6 is 0 Å². The van der Waals surface area contributed by atoms with Crippen molar-refractivity contribution in [1.29, 1.82) is 0 Å². The number of benzene rings is 1. The second-order valence-electron chi connectivity index (χ2n) is 4.03. The topological polar surface area (TPSA) is 35.5 Å². The fraction of sp³-hybridized carbons (Fsp3) is 0.357. The molecule has 17 heavy (non-hydrogen) atoms. The molecule has 0 saturated carbocycles. The van der Waals surface area contributed by atoms with Gasteiger partial charge >= 0.3 is 5.97 Å². The second kappa shape index (κ2) is 5.53. The van der Waals surface area contributed by atoms with Crippen LogP contribution < -0.4 is 4.74 Å². The van der Waals surface area contributed by atoms with Gasteiger partial charge in [0.25, 0.3) is 0 Å². The molecule has 0 aromatic heterocycles. The van der Waals surface area contributed by atoms with Crippen LogP contribution in [0.15, 0.2) is 36.4 Å². The molecule has 1 unspecified atom stereocenters. The molecule has 90 valence electrons. The van der Waals surface area contributed by atoms with Gasteiger partial charge in [-0.15, -0.1) is 0 Å². The highest BCUT2D eigenvalue weighted by molar-refractivity contribution is 5.89. The largest absolute Gasteiger partial charge is 0.486 e. The zero-order valence-electron chi connectivity index (χ0n) is 9.89. The number of esters is 1. The highest BCUT2D eigenvalue weighted by Gasteiger charge is 2.10. The average Bonchev–Trinajstić information content (AvgIpc) is 2.40. The fourth-order valence-corrected chi connectivity index (χ4v) is 1.84. The minimum absolute atomic E-state index is 0.160. The highest BCUT2D eigenvalue weighted by atomic mass is 16.5. The van der Waals surface area contributed by atoms with Crippen LogP contribution in [0.1, 0.15) is 29.6 Å².